The van der Waals surface area contributed by atoms with Crippen LogP contribution >= 0.6 is 34.8 Å². The van der Waals surface area contributed by atoms with Crippen LogP contribution in [0.25, 0.3) is 0 Å². The molecule has 0 aliphatic heterocycles. The number of carboxylic acids is 1. The lowest BCUT2D eigenvalue weighted by molar-refractivity contribution is -0.139. The molecule has 2 aromatic carbocycles. The molecule has 0 aliphatic carbocycles. The Morgan fingerprint density at radius 3 is 2.42 bits per heavy atom. The number of benzene rings is 2. The minimum Gasteiger partial charge on any atom is -0.493 e. The number of nitrogens with one attached hydrogen (secondary N) is 1. The van der Waals surface area contributed by atoms with Crippen molar-refractivity contribution in [3.8, 4) is 11.5 Å². The molecule has 0 fully saturated rings. The van der Waals surface area contributed by atoms with E-state index >= 15 is 0 Å². The van der Waals surface area contributed by atoms with Crippen molar-refractivity contribution in [2.45, 2.75) is 26.1 Å². The molecule has 0 saturated heterocycles. The molecule has 0 spiro atoms. The molecule has 0 aromatic heterocycles. The number of hydrogen-bond donors (Lipinski definition) is 2. The largest absolute Gasteiger partial charge is 0.493 e. The van der Waals surface area contributed by atoms with Crippen molar-refractivity contribution in [2.75, 3.05) is 7.11 Å². The quantitative estimate of drug-likeness (QED) is 0.645. The highest BCUT2D eigenvalue weighted by atomic mass is 35.5. The van der Waals surface area contributed by atoms with Crippen molar-refractivity contribution in [2.24, 2.45) is 0 Å². The van der Waals surface area contributed by atoms with Gasteiger partial charge in [0.05, 0.1) is 22.2 Å². The van der Waals surface area contributed by atoms with Gasteiger partial charge in [0.25, 0.3) is 0 Å². The molecule has 0 heterocycles. The maximum Gasteiger partial charge on any atom is 0.320 e. The van der Waals surface area contributed by atoms with E-state index in [1.807, 2.05) is 0 Å². The molecule has 2 rings (SSSR count). The molecule has 2 N–H and O–H groups in total. The van der Waals surface area contributed by atoms with Crippen molar-refractivity contribution >= 4 is 40.8 Å². The predicted octanol–water partition coefficient (Wildman–Crippen LogP) is 4.80. The predicted molar refractivity (Wildman–Crippen MR) is 103 cm³/mol. The summed E-state index contributed by atoms with van der Waals surface area (Å²) in [6.45, 7) is 2.13. The summed E-state index contributed by atoms with van der Waals surface area (Å²) in [5.74, 6) is -0.0720. The van der Waals surface area contributed by atoms with Crippen LogP contribution in [0.1, 0.15) is 18.1 Å². The van der Waals surface area contributed by atoms with Crippen LogP contribution in [0.15, 0.2) is 30.3 Å². The summed E-state index contributed by atoms with van der Waals surface area (Å²) in [6.07, 6.45) is 0. The average Bonchev–Trinajstić information content (AvgIpc) is 2.60. The van der Waals surface area contributed by atoms with Gasteiger partial charge >= 0.3 is 5.97 Å². The van der Waals surface area contributed by atoms with E-state index in [-0.39, 0.29) is 6.61 Å². The van der Waals surface area contributed by atoms with E-state index in [1.54, 1.807) is 37.3 Å². The fourth-order valence-corrected chi connectivity index (χ4v) is 2.77. The molecule has 0 bridgehead atoms. The lowest BCUT2D eigenvalue weighted by Gasteiger charge is -2.15. The molecular formula is C18H18Cl3NO4. The third-order valence-electron chi connectivity index (χ3n) is 3.64. The number of halogens is 3. The van der Waals surface area contributed by atoms with E-state index in [9.17, 15) is 4.79 Å². The van der Waals surface area contributed by atoms with Crippen molar-refractivity contribution in [3.05, 3.63) is 56.5 Å². The number of methoxy groups -OCH3 is 1. The van der Waals surface area contributed by atoms with Crippen LogP contribution in [-0.4, -0.2) is 24.2 Å². The van der Waals surface area contributed by atoms with Crippen LogP contribution in [-0.2, 0) is 17.9 Å². The van der Waals surface area contributed by atoms with Gasteiger partial charge in [0, 0.05) is 6.54 Å². The maximum atomic E-state index is 10.9. The Kier molecular flexibility index (Phi) is 7.41. The highest BCUT2D eigenvalue weighted by Gasteiger charge is 2.15. The highest BCUT2D eigenvalue weighted by Crippen LogP contribution is 2.37. The SMILES string of the molecule is COc1cc(CNC(C)C(=O)O)cc(Cl)c1OCc1ccc(Cl)c(Cl)c1. The Morgan fingerprint density at radius 2 is 1.81 bits per heavy atom. The summed E-state index contributed by atoms with van der Waals surface area (Å²) < 4.78 is 11.1. The second-order valence-corrected chi connectivity index (χ2v) is 6.81. The van der Waals surface area contributed by atoms with E-state index in [1.165, 1.54) is 7.11 Å². The van der Waals surface area contributed by atoms with Crippen LogP contribution in [0, 0.1) is 0 Å². The number of rotatable bonds is 8. The van der Waals surface area contributed by atoms with Crippen LogP contribution in [0.2, 0.25) is 15.1 Å². The Bertz CT molecular complexity index is 798. The molecule has 0 aliphatic rings. The monoisotopic (exact) mass is 417 g/mol. The number of ether oxygens (including phenoxy) is 2. The molecule has 0 radical (unpaired) electrons. The van der Waals surface area contributed by atoms with Crippen LogP contribution in [0.5, 0.6) is 11.5 Å². The van der Waals surface area contributed by atoms with Gasteiger partial charge < -0.3 is 19.9 Å². The molecule has 5 nitrogen and oxygen atoms in total. The van der Waals surface area contributed by atoms with Crippen molar-refractivity contribution in [3.63, 3.8) is 0 Å². The van der Waals surface area contributed by atoms with E-state index in [0.717, 1.165) is 11.1 Å². The molecule has 0 amide bonds. The Hall–Kier alpha value is -1.66. The third kappa shape index (κ3) is 5.42. The van der Waals surface area contributed by atoms with Gasteiger partial charge in [0.1, 0.15) is 12.6 Å². The fourth-order valence-electron chi connectivity index (χ4n) is 2.16. The summed E-state index contributed by atoms with van der Waals surface area (Å²) in [4.78, 5) is 10.9. The molecule has 26 heavy (non-hydrogen) atoms. The van der Waals surface area contributed by atoms with Gasteiger partial charge in [-0.15, -0.1) is 0 Å². The van der Waals surface area contributed by atoms with Gasteiger partial charge in [-0.2, -0.15) is 0 Å². The Morgan fingerprint density at radius 1 is 1.12 bits per heavy atom. The Labute approximate surface area is 166 Å². The topological polar surface area (TPSA) is 67.8 Å². The lowest BCUT2D eigenvalue weighted by atomic mass is 10.2. The fraction of sp³-hybridized carbons (Fsp3) is 0.278. The zero-order chi connectivity index (χ0) is 19.3. The molecule has 0 saturated carbocycles. The van der Waals surface area contributed by atoms with Crippen molar-refractivity contribution < 1.29 is 19.4 Å². The number of aliphatic carboxylic acids is 1. The van der Waals surface area contributed by atoms with Gasteiger partial charge in [-0.1, -0.05) is 40.9 Å². The van der Waals surface area contributed by atoms with E-state index in [4.69, 9.17) is 49.4 Å². The number of carboxylic acid groups (broad SMARTS) is 1. The number of hydrogen-bond acceptors (Lipinski definition) is 4. The first-order chi connectivity index (χ1) is 12.3. The second-order valence-electron chi connectivity index (χ2n) is 5.59. The van der Waals surface area contributed by atoms with Gasteiger partial charge in [-0.3, -0.25) is 4.79 Å². The van der Waals surface area contributed by atoms with Crippen LogP contribution in [0.4, 0.5) is 0 Å². The maximum absolute atomic E-state index is 10.9. The first-order valence-electron chi connectivity index (χ1n) is 7.71. The molecule has 1 atom stereocenters. The van der Waals surface area contributed by atoms with E-state index in [0.29, 0.717) is 33.1 Å². The summed E-state index contributed by atoms with van der Waals surface area (Å²) in [6, 6.07) is 7.99. The second kappa shape index (κ2) is 9.33. The minimum atomic E-state index is -0.926. The molecule has 8 heteroatoms. The minimum absolute atomic E-state index is 0.237. The third-order valence-corrected chi connectivity index (χ3v) is 4.66. The summed E-state index contributed by atoms with van der Waals surface area (Å²) in [5.41, 5.74) is 1.61. The molecule has 140 valence electrons. The molecular weight excluding hydrogens is 401 g/mol. The zero-order valence-corrected chi connectivity index (χ0v) is 16.5. The van der Waals surface area contributed by atoms with Crippen molar-refractivity contribution in [1.29, 1.82) is 0 Å². The highest BCUT2D eigenvalue weighted by molar-refractivity contribution is 6.42. The summed E-state index contributed by atoms with van der Waals surface area (Å²) in [5, 5.41) is 13.1. The van der Waals surface area contributed by atoms with E-state index < -0.39 is 12.0 Å². The molecule has 2 aromatic rings. The first-order valence-corrected chi connectivity index (χ1v) is 8.84. The van der Waals surface area contributed by atoms with Crippen LogP contribution < -0.4 is 14.8 Å². The van der Waals surface area contributed by atoms with E-state index in [2.05, 4.69) is 5.32 Å². The standard InChI is InChI=1S/C18H18Cl3NO4/c1-10(18(23)24)22-8-12-6-15(21)17(16(7-12)25-2)26-9-11-3-4-13(19)14(20)5-11/h3-7,10,22H,8-9H2,1-2H3,(H,23,24). The van der Waals surface area contributed by atoms with Gasteiger partial charge in [-0.05, 0) is 42.3 Å². The van der Waals surface area contributed by atoms with Gasteiger partial charge in [0.15, 0.2) is 11.5 Å². The summed E-state index contributed by atoms with van der Waals surface area (Å²) >= 11 is 18.2. The smallest absolute Gasteiger partial charge is 0.320 e. The summed E-state index contributed by atoms with van der Waals surface area (Å²) in [7, 11) is 1.51. The van der Waals surface area contributed by atoms with Crippen molar-refractivity contribution in [1.82, 2.24) is 5.32 Å². The van der Waals surface area contributed by atoms with Crippen LogP contribution in [0.3, 0.4) is 0 Å². The average molecular weight is 419 g/mol. The normalized spacial score (nSPS) is 11.9. The van der Waals surface area contributed by atoms with Gasteiger partial charge in [-0.25, -0.2) is 0 Å². The number of carbonyl (C=O) groups is 1. The molecule has 1 unspecified atom stereocenters. The first kappa shape index (κ1) is 20.6. The zero-order valence-electron chi connectivity index (χ0n) is 14.2. The lowest BCUT2D eigenvalue weighted by Crippen LogP contribution is -2.33. The van der Waals surface area contributed by atoms with Gasteiger partial charge in [0.2, 0.25) is 0 Å². The Balaban J connectivity index is 2.12.